The molecule has 4 nitrogen and oxygen atoms in total. The number of fused-ring (bicyclic) bond motifs is 1. The molecule has 1 aliphatic heterocycles. The highest BCUT2D eigenvalue weighted by Crippen LogP contribution is 2.44. The molecule has 4 heteroatoms. The molecule has 1 aliphatic carbocycles. The number of benzene rings is 3. The highest BCUT2D eigenvalue weighted by atomic mass is 16.5. The zero-order valence-corrected chi connectivity index (χ0v) is 19.8. The molecular formula is C30H31NO3. The first-order chi connectivity index (χ1) is 16.5. The number of hydrogen-bond donors (Lipinski definition) is 1. The van der Waals surface area contributed by atoms with Gasteiger partial charge >= 0.3 is 5.97 Å². The summed E-state index contributed by atoms with van der Waals surface area (Å²) in [6.45, 7) is 3.19. The van der Waals surface area contributed by atoms with Crippen LogP contribution in [0.2, 0.25) is 0 Å². The number of aliphatic carboxylic acids is 1. The van der Waals surface area contributed by atoms with Crippen molar-refractivity contribution >= 4 is 17.7 Å². The number of anilines is 1. The number of methoxy groups -OCH3 is 1. The number of rotatable bonds is 7. The highest BCUT2D eigenvalue weighted by molar-refractivity contribution is 5.85. The molecule has 1 N–H and O–H groups in total. The predicted octanol–water partition coefficient (Wildman–Crippen LogP) is 6.07. The van der Waals surface area contributed by atoms with Crippen LogP contribution in [0.15, 0.2) is 72.8 Å². The normalized spacial score (nSPS) is 19.8. The van der Waals surface area contributed by atoms with Gasteiger partial charge in [-0.15, -0.1) is 0 Å². The van der Waals surface area contributed by atoms with Gasteiger partial charge in [0, 0.05) is 18.3 Å². The third kappa shape index (κ3) is 4.33. The summed E-state index contributed by atoms with van der Waals surface area (Å²) >= 11 is 0. The molecule has 3 aromatic carbocycles. The van der Waals surface area contributed by atoms with Crippen molar-refractivity contribution in [1.29, 1.82) is 0 Å². The average Bonchev–Trinajstić information content (AvgIpc) is 3.67. The van der Waals surface area contributed by atoms with Crippen LogP contribution >= 0.6 is 0 Å². The van der Waals surface area contributed by atoms with E-state index in [4.69, 9.17) is 9.84 Å². The molecule has 1 heterocycles. The Bertz CT molecular complexity index is 1210. The van der Waals surface area contributed by atoms with E-state index in [2.05, 4.69) is 60.4 Å². The lowest BCUT2D eigenvalue weighted by molar-refractivity contribution is -0.131. The Balaban J connectivity index is 1.55. The van der Waals surface area contributed by atoms with E-state index in [0.717, 1.165) is 30.2 Å². The lowest BCUT2D eigenvalue weighted by atomic mass is 9.76. The molecular weight excluding hydrogens is 422 g/mol. The molecule has 1 saturated carbocycles. The molecule has 2 aliphatic rings. The van der Waals surface area contributed by atoms with E-state index in [-0.39, 0.29) is 5.54 Å². The summed E-state index contributed by atoms with van der Waals surface area (Å²) in [6, 6.07) is 23.8. The van der Waals surface area contributed by atoms with Crippen molar-refractivity contribution in [2.45, 2.75) is 38.1 Å². The van der Waals surface area contributed by atoms with E-state index in [9.17, 15) is 4.79 Å². The molecule has 0 saturated heterocycles. The lowest BCUT2D eigenvalue weighted by Gasteiger charge is -2.48. The Morgan fingerprint density at radius 1 is 1.09 bits per heavy atom. The van der Waals surface area contributed by atoms with Gasteiger partial charge in [0.15, 0.2) is 0 Å². The second-order valence-electron chi connectivity index (χ2n) is 9.60. The topological polar surface area (TPSA) is 49.8 Å². The Hall–Kier alpha value is -3.53. The summed E-state index contributed by atoms with van der Waals surface area (Å²) in [4.78, 5) is 13.4. The monoisotopic (exact) mass is 453 g/mol. The van der Waals surface area contributed by atoms with Crippen LogP contribution in [-0.2, 0) is 23.2 Å². The zero-order valence-electron chi connectivity index (χ0n) is 19.8. The van der Waals surface area contributed by atoms with Gasteiger partial charge in [0.05, 0.1) is 12.6 Å². The predicted molar refractivity (Wildman–Crippen MR) is 136 cm³/mol. The van der Waals surface area contributed by atoms with Gasteiger partial charge in [-0.25, -0.2) is 4.79 Å². The molecule has 174 valence electrons. The SMILES string of the molecule is COc1ccc2c(c1)CCN(c1ccc(CC3CC3)cc1)C2(C)c1ccc(C=CC(=O)O)cc1. The fraction of sp³-hybridized carbons (Fsp3) is 0.300. The Kier molecular flexibility index (Phi) is 5.91. The number of carboxylic acid groups (broad SMARTS) is 1. The Morgan fingerprint density at radius 2 is 1.82 bits per heavy atom. The van der Waals surface area contributed by atoms with Crippen LogP contribution in [0.4, 0.5) is 5.69 Å². The van der Waals surface area contributed by atoms with Gasteiger partial charge in [0.2, 0.25) is 0 Å². The smallest absolute Gasteiger partial charge is 0.328 e. The van der Waals surface area contributed by atoms with Gasteiger partial charge in [-0.05, 0) is 96.7 Å². The summed E-state index contributed by atoms with van der Waals surface area (Å²) in [7, 11) is 1.71. The van der Waals surface area contributed by atoms with Gasteiger partial charge in [-0.3, -0.25) is 0 Å². The van der Waals surface area contributed by atoms with E-state index >= 15 is 0 Å². The average molecular weight is 454 g/mol. The van der Waals surface area contributed by atoms with E-state index < -0.39 is 5.97 Å². The second-order valence-corrected chi connectivity index (χ2v) is 9.60. The summed E-state index contributed by atoms with van der Waals surface area (Å²) in [6.07, 6.45) is 7.67. The maximum Gasteiger partial charge on any atom is 0.328 e. The van der Waals surface area contributed by atoms with Gasteiger partial charge in [-0.2, -0.15) is 0 Å². The third-order valence-corrected chi connectivity index (χ3v) is 7.34. The Morgan fingerprint density at radius 3 is 2.47 bits per heavy atom. The van der Waals surface area contributed by atoms with Crippen molar-refractivity contribution in [1.82, 2.24) is 0 Å². The van der Waals surface area contributed by atoms with E-state index in [0.29, 0.717) is 0 Å². The van der Waals surface area contributed by atoms with E-state index in [1.54, 1.807) is 13.2 Å². The summed E-state index contributed by atoms with van der Waals surface area (Å²) in [5.74, 6) is 0.817. The minimum absolute atomic E-state index is 0.368. The fourth-order valence-corrected chi connectivity index (χ4v) is 5.23. The maximum atomic E-state index is 10.9. The minimum Gasteiger partial charge on any atom is -0.497 e. The van der Waals surface area contributed by atoms with Gasteiger partial charge < -0.3 is 14.7 Å². The number of carbonyl (C=O) groups is 1. The fourth-order valence-electron chi connectivity index (χ4n) is 5.23. The maximum absolute atomic E-state index is 10.9. The molecule has 1 atom stereocenters. The number of hydrogen-bond acceptors (Lipinski definition) is 3. The van der Waals surface area contributed by atoms with Crippen LogP contribution in [0.1, 0.15) is 47.6 Å². The number of carboxylic acids is 1. The lowest BCUT2D eigenvalue weighted by Crippen LogP contribution is -2.49. The van der Waals surface area contributed by atoms with E-state index in [1.807, 2.05) is 18.2 Å². The third-order valence-electron chi connectivity index (χ3n) is 7.34. The van der Waals surface area contributed by atoms with E-state index in [1.165, 1.54) is 53.3 Å². The van der Waals surface area contributed by atoms with Crippen LogP contribution in [0.5, 0.6) is 5.75 Å². The first kappa shape index (κ1) is 22.3. The Labute approximate surface area is 201 Å². The summed E-state index contributed by atoms with van der Waals surface area (Å²) in [5, 5.41) is 8.95. The van der Waals surface area contributed by atoms with Crippen molar-refractivity contribution in [2.75, 3.05) is 18.6 Å². The van der Waals surface area contributed by atoms with Gasteiger partial charge in [0.25, 0.3) is 0 Å². The number of nitrogens with zero attached hydrogens (tertiary/aromatic N) is 1. The van der Waals surface area contributed by atoms with Crippen molar-refractivity contribution in [3.63, 3.8) is 0 Å². The van der Waals surface area contributed by atoms with Gasteiger partial charge in [-0.1, -0.05) is 42.5 Å². The molecule has 3 aromatic rings. The van der Waals surface area contributed by atoms with Crippen molar-refractivity contribution in [3.05, 3.63) is 101 Å². The van der Waals surface area contributed by atoms with Crippen molar-refractivity contribution < 1.29 is 14.6 Å². The number of ether oxygens (including phenoxy) is 1. The molecule has 0 spiro atoms. The van der Waals surface area contributed by atoms with Crippen LogP contribution in [-0.4, -0.2) is 24.7 Å². The second kappa shape index (κ2) is 9.02. The first-order valence-corrected chi connectivity index (χ1v) is 12.0. The van der Waals surface area contributed by atoms with Gasteiger partial charge in [0.1, 0.15) is 5.75 Å². The first-order valence-electron chi connectivity index (χ1n) is 12.0. The van der Waals surface area contributed by atoms with Crippen molar-refractivity contribution in [2.24, 2.45) is 5.92 Å². The standard InChI is InChI=1S/C30H31NO3/c1-30(25-10-5-21(6-11-25)9-16-29(32)33)28-15-14-27(34-2)20-24(28)17-18-31(30)26-12-7-23(8-13-26)19-22-3-4-22/h5-16,20,22H,3-4,17-19H2,1-2H3,(H,32,33). The summed E-state index contributed by atoms with van der Waals surface area (Å²) in [5.41, 5.74) is 6.90. The molecule has 1 unspecified atom stereocenters. The van der Waals surface area contributed by atoms with Crippen LogP contribution in [0, 0.1) is 5.92 Å². The van der Waals surface area contributed by atoms with Crippen LogP contribution < -0.4 is 9.64 Å². The molecule has 1 fully saturated rings. The summed E-state index contributed by atoms with van der Waals surface area (Å²) < 4.78 is 5.51. The molecule has 5 rings (SSSR count). The van der Waals surface area contributed by atoms with Crippen LogP contribution in [0.3, 0.4) is 0 Å². The minimum atomic E-state index is -0.942. The van der Waals surface area contributed by atoms with Crippen molar-refractivity contribution in [3.8, 4) is 5.75 Å². The van der Waals surface area contributed by atoms with Crippen LogP contribution in [0.25, 0.3) is 6.08 Å². The molecule has 0 aromatic heterocycles. The molecule has 34 heavy (non-hydrogen) atoms. The molecule has 0 bridgehead atoms. The molecule has 0 radical (unpaired) electrons. The zero-order chi connectivity index (χ0) is 23.7. The quantitative estimate of drug-likeness (QED) is 0.441. The molecule has 0 amide bonds. The highest BCUT2D eigenvalue weighted by Gasteiger charge is 2.40. The largest absolute Gasteiger partial charge is 0.497 e.